The fourth-order valence-corrected chi connectivity index (χ4v) is 4.19. The Labute approximate surface area is 112 Å². The molecule has 0 spiro atoms. The van der Waals surface area contributed by atoms with Crippen LogP contribution in [-0.4, -0.2) is 16.3 Å². The second kappa shape index (κ2) is 4.98. The van der Waals surface area contributed by atoms with Crippen LogP contribution in [0.4, 0.5) is 0 Å². The molecule has 2 nitrogen and oxygen atoms in total. The lowest BCUT2D eigenvalue weighted by Gasteiger charge is -2.31. The number of H-pyrrole nitrogens is 1. The van der Waals surface area contributed by atoms with Gasteiger partial charge in [0.15, 0.2) is 0 Å². The Balaban J connectivity index is 1.78. The number of hydrogen-bond acceptors (Lipinski definition) is 2. The third-order valence-corrected chi connectivity index (χ3v) is 5.21. The molecular formula is C15H20N2S. The first-order chi connectivity index (χ1) is 8.72. The van der Waals surface area contributed by atoms with Crippen molar-refractivity contribution in [3.05, 3.63) is 30.3 Å². The van der Waals surface area contributed by atoms with Gasteiger partial charge >= 0.3 is 0 Å². The molecule has 18 heavy (non-hydrogen) atoms. The highest BCUT2D eigenvalue weighted by atomic mass is 32.2. The van der Waals surface area contributed by atoms with Gasteiger partial charge < -0.3 is 10.7 Å². The van der Waals surface area contributed by atoms with Crippen molar-refractivity contribution in [3.8, 4) is 0 Å². The summed E-state index contributed by atoms with van der Waals surface area (Å²) in [6, 6.07) is 11.0. The minimum atomic E-state index is 0.345. The van der Waals surface area contributed by atoms with E-state index < -0.39 is 0 Å². The third-order valence-electron chi connectivity index (χ3n) is 3.89. The van der Waals surface area contributed by atoms with Crippen LogP contribution in [0.2, 0.25) is 0 Å². The van der Waals surface area contributed by atoms with E-state index in [4.69, 9.17) is 5.73 Å². The van der Waals surface area contributed by atoms with Gasteiger partial charge in [-0.1, -0.05) is 25.1 Å². The summed E-state index contributed by atoms with van der Waals surface area (Å²) in [5.41, 5.74) is 7.47. The Morgan fingerprint density at radius 2 is 2.11 bits per heavy atom. The van der Waals surface area contributed by atoms with E-state index in [9.17, 15) is 0 Å². The number of aromatic amines is 1. The SMILES string of the molecule is CC1CCC(N)C(Sc2cc3ccccc3[nH]2)C1. The summed E-state index contributed by atoms with van der Waals surface area (Å²) in [7, 11) is 0. The highest BCUT2D eigenvalue weighted by Crippen LogP contribution is 2.36. The predicted molar refractivity (Wildman–Crippen MR) is 78.9 cm³/mol. The molecule has 3 unspecified atom stereocenters. The van der Waals surface area contributed by atoms with E-state index in [-0.39, 0.29) is 0 Å². The molecule has 96 valence electrons. The highest BCUT2D eigenvalue weighted by molar-refractivity contribution is 7.99. The fraction of sp³-hybridized carbons (Fsp3) is 0.467. The highest BCUT2D eigenvalue weighted by Gasteiger charge is 2.27. The Morgan fingerprint density at radius 1 is 1.28 bits per heavy atom. The van der Waals surface area contributed by atoms with Gasteiger partial charge in [0.2, 0.25) is 0 Å². The van der Waals surface area contributed by atoms with E-state index in [1.165, 1.54) is 35.2 Å². The van der Waals surface area contributed by atoms with Gasteiger partial charge in [0, 0.05) is 22.2 Å². The van der Waals surface area contributed by atoms with Gasteiger partial charge in [0.25, 0.3) is 0 Å². The normalized spacial score (nSPS) is 28.7. The van der Waals surface area contributed by atoms with Crippen LogP contribution in [0.15, 0.2) is 35.4 Å². The lowest BCUT2D eigenvalue weighted by molar-refractivity contribution is 0.357. The van der Waals surface area contributed by atoms with Crippen molar-refractivity contribution in [3.63, 3.8) is 0 Å². The number of aromatic nitrogens is 1. The molecule has 0 bridgehead atoms. The van der Waals surface area contributed by atoms with E-state index >= 15 is 0 Å². The molecule has 2 aromatic rings. The molecule has 3 N–H and O–H groups in total. The molecule has 1 fully saturated rings. The van der Waals surface area contributed by atoms with Crippen molar-refractivity contribution in [1.82, 2.24) is 4.98 Å². The molecule has 0 radical (unpaired) electrons. The first-order valence-electron chi connectivity index (χ1n) is 6.72. The molecule has 1 saturated carbocycles. The Kier molecular flexibility index (Phi) is 3.35. The number of thioether (sulfide) groups is 1. The third kappa shape index (κ3) is 2.43. The number of benzene rings is 1. The van der Waals surface area contributed by atoms with Crippen LogP contribution in [-0.2, 0) is 0 Å². The topological polar surface area (TPSA) is 41.8 Å². The quantitative estimate of drug-likeness (QED) is 0.863. The van der Waals surface area contributed by atoms with Crippen LogP contribution in [0.3, 0.4) is 0 Å². The second-order valence-corrected chi connectivity index (χ2v) is 6.74. The van der Waals surface area contributed by atoms with Gasteiger partial charge in [-0.2, -0.15) is 0 Å². The van der Waals surface area contributed by atoms with Gasteiger partial charge in [0.1, 0.15) is 0 Å². The smallest absolute Gasteiger partial charge is 0.0735 e. The Morgan fingerprint density at radius 3 is 2.94 bits per heavy atom. The van der Waals surface area contributed by atoms with Crippen LogP contribution < -0.4 is 5.73 Å². The van der Waals surface area contributed by atoms with Crippen molar-refractivity contribution >= 4 is 22.7 Å². The lowest BCUT2D eigenvalue weighted by Crippen LogP contribution is -2.37. The molecule has 0 aliphatic heterocycles. The fourth-order valence-electron chi connectivity index (χ4n) is 2.76. The van der Waals surface area contributed by atoms with E-state index in [0.717, 1.165) is 5.92 Å². The number of nitrogens with two attached hydrogens (primary N) is 1. The predicted octanol–water partition coefficient (Wildman–Crippen LogP) is 3.78. The van der Waals surface area contributed by atoms with Crippen molar-refractivity contribution in [2.75, 3.05) is 0 Å². The molecule has 1 aliphatic rings. The summed E-state index contributed by atoms with van der Waals surface area (Å²) < 4.78 is 0. The molecule has 0 saturated heterocycles. The number of para-hydroxylation sites is 1. The largest absolute Gasteiger partial charge is 0.350 e. The summed E-state index contributed by atoms with van der Waals surface area (Å²) in [6.45, 7) is 2.34. The zero-order chi connectivity index (χ0) is 12.5. The summed E-state index contributed by atoms with van der Waals surface area (Å²) >= 11 is 1.92. The second-order valence-electron chi connectivity index (χ2n) is 5.46. The molecule has 1 aliphatic carbocycles. The average Bonchev–Trinajstić information content (AvgIpc) is 2.76. The molecule has 1 aromatic heterocycles. The van der Waals surface area contributed by atoms with Gasteiger partial charge in [0.05, 0.1) is 5.03 Å². The van der Waals surface area contributed by atoms with Gasteiger partial charge in [-0.15, -0.1) is 11.8 Å². The molecule has 3 heteroatoms. The van der Waals surface area contributed by atoms with E-state index in [1.54, 1.807) is 0 Å². The summed E-state index contributed by atoms with van der Waals surface area (Å²) in [5.74, 6) is 0.812. The van der Waals surface area contributed by atoms with Crippen LogP contribution in [0, 0.1) is 5.92 Å². The summed E-state index contributed by atoms with van der Waals surface area (Å²) in [6.07, 6.45) is 3.69. The number of fused-ring (bicyclic) bond motifs is 1. The molecule has 3 rings (SSSR count). The molecular weight excluding hydrogens is 240 g/mol. The zero-order valence-electron chi connectivity index (χ0n) is 10.7. The van der Waals surface area contributed by atoms with E-state index in [2.05, 4.69) is 42.2 Å². The maximum atomic E-state index is 6.25. The molecule has 0 amide bonds. The van der Waals surface area contributed by atoms with E-state index in [0.29, 0.717) is 11.3 Å². The molecule has 1 aromatic carbocycles. The lowest BCUT2D eigenvalue weighted by atomic mass is 9.87. The monoisotopic (exact) mass is 260 g/mol. The molecule has 3 atom stereocenters. The number of nitrogens with one attached hydrogen (secondary N) is 1. The minimum Gasteiger partial charge on any atom is -0.350 e. The van der Waals surface area contributed by atoms with Gasteiger partial charge in [-0.25, -0.2) is 0 Å². The number of hydrogen-bond donors (Lipinski definition) is 2. The standard InChI is InChI=1S/C15H20N2S/c1-10-6-7-12(16)14(8-10)18-15-9-11-4-2-3-5-13(11)17-15/h2-5,9-10,12,14,17H,6-8,16H2,1H3. The maximum Gasteiger partial charge on any atom is 0.0735 e. The number of rotatable bonds is 2. The van der Waals surface area contributed by atoms with Crippen LogP contribution in [0.1, 0.15) is 26.2 Å². The first kappa shape index (κ1) is 12.1. The first-order valence-corrected chi connectivity index (χ1v) is 7.60. The van der Waals surface area contributed by atoms with Gasteiger partial charge in [-0.3, -0.25) is 0 Å². The van der Waals surface area contributed by atoms with Crippen molar-refractivity contribution < 1.29 is 0 Å². The summed E-state index contributed by atoms with van der Waals surface area (Å²) in [5, 5.41) is 3.10. The van der Waals surface area contributed by atoms with Crippen molar-refractivity contribution in [2.24, 2.45) is 11.7 Å². The van der Waals surface area contributed by atoms with Crippen molar-refractivity contribution in [1.29, 1.82) is 0 Å². The molecule has 1 heterocycles. The van der Waals surface area contributed by atoms with Gasteiger partial charge in [-0.05, 0) is 37.3 Å². The maximum absolute atomic E-state index is 6.25. The van der Waals surface area contributed by atoms with E-state index in [1.807, 2.05) is 11.8 Å². The summed E-state index contributed by atoms with van der Waals surface area (Å²) in [4.78, 5) is 3.49. The van der Waals surface area contributed by atoms with Crippen LogP contribution >= 0.6 is 11.8 Å². The average molecular weight is 260 g/mol. The Bertz CT molecular complexity index is 501. The van der Waals surface area contributed by atoms with Crippen LogP contribution in [0.5, 0.6) is 0 Å². The van der Waals surface area contributed by atoms with Crippen LogP contribution in [0.25, 0.3) is 10.9 Å². The zero-order valence-corrected chi connectivity index (χ0v) is 11.5. The van der Waals surface area contributed by atoms with Crippen molar-refractivity contribution in [2.45, 2.75) is 42.5 Å². The Hall–Kier alpha value is -0.930. The minimum absolute atomic E-state index is 0.345.